The zero-order valence-electron chi connectivity index (χ0n) is 47.4. The molecule has 0 aliphatic carbocycles. The van der Waals surface area contributed by atoms with E-state index in [4.69, 9.17) is 24.3 Å². The smallest absolute Gasteiger partial charge is 0.462 e. The van der Waals surface area contributed by atoms with Gasteiger partial charge in [-0.15, -0.1) is 0 Å². The molecule has 0 aromatic rings. The topological polar surface area (TPSA) is 134 Å². The molecule has 73 heavy (non-hydrogen) atoms. The van der Waals surface area contributed by atoms with Crippen molar-refractivity contribution in [1.29, 1.82) is 0 Å². The summed E-state index contributed by atoms with van der Waals surface area (Å²) in [5.74, 6) is -0.823. The third-order valence-corrected chi connectivity index (χ3v) is 14.1. The van der Waals surface area contributed by atoms with Crippen LogP contribution in [0.15, 0.2) is 72.9 Å². The molecular formula is C63H114NO8P. The molecule has 0 fully saturated rings. The van der Waals surface area contributed by atoms with E-state index in [2.05, 4.69) is 86.8 Å². The summed E-state index contributed by atoms with van der Waals surface area (Å²) < 4.78 is 33.1. The fraction of sp³-hybridized carbons (Fsp3) is 0.778. The molecule has 0 aliphatic heterocycles. The predicted molar refractivity (Wildman–Crippen MR) is 312 cm³/mol. The van der Waals surface area contributed by atoms with Crippen molar-refractivity contribution in [1.82, 2.24) is 0 Å². The number of allylic oxidation sites excluding steroid dienone is 12. The average molecular weight is 1040 g/mol. The molecule has 0 aromatic heterocycles. The molecule has 10 heteroatoms. The van der Waals surface area contributed by atoms with Gasteiger partial charge in [0.25, 0.3) is 0 Å². The van der Waals surface area contributed by atoms with Gasteiger partial charge in [-0.2, -0.15) is 0 Å². The third kappa shape index (κ3) is 58.6. The van der Waals surface area contributed by atoms with Gasteiger partial charge in [-0.3, -0.25) is 18.6 Å². The molecular weight excluding hydrogens is 930 g/mol. The number of rotatable bonds is 57. The minimum atomic E-state index is -4.39. The van der Waals surface area contributed by atoms with Crippen LogP contribution in [0.4, 0.5) is 0 Å². The number of unbranched alkanes of at least 4 members (excludes halogenated alkanes) is 32. The van der Waals surface area contributed by atoms with Gasteiger partial charge < -0.3 is 20.1 Å². The molecule has 0 aliphatic rings. The van der Waals surface area contributed by atoms with E-state index >= 15 is 0 Å². The monoisotopic (exact) mass is 1040 g/mol. The minimum absolute atomic E-state index is 0.0514. The lowest BCUT2D eigenvalue weighted by molar-refractivity contribution is -0.161. The van der Waals surface area contributed by atoms with Gasteiger partial charge in [0.1, 0.15) is 6.61 Å². The molecule has 424 valence electrons. The molecule has 0 rings (SSSR count). The van der Waals surface area contributed by atoms with E-state index < -0.39 is 26.5 Å². The molecule has 2 atom stereocenters. The third-order valence-electron chi connectivity index (χ3n) is 13.1. The van der Waals surface area contributed by atoms with Crippen LogP contribution in [0.25, 0.3) is 0 Å². The normalized spacial score (nSPS) is 13.5. The van der Waals surface area contributed by atoms with E-state index in [-0.39, 0.29) is 38.6 Å². The number of phosphoric ester groups is 1. The maximum atomic E-state index is 12.7. The summed E-state index contributed by atoms with van der Waals surface area (Å²) in [5, 5.41) is 0. The second-order valence-corrected chi connectivity index (χ2v) is 21.7. The summed E-state index contributed by atoms with van der Waals surface area (Å²) in [6, 6.07) is 0. The van der Waals surface area contributed by atoms with E-state index in [9.17, 15) is 19.0 Å². The summed E-state index contributed by atoms with van der Waals surface area (Å²) in [4.78, 5) is 35.2. The zero-order valence-corrected chi connectivity index (χ0v) is 48.3. The van der Waals surface area contributed by atoms with Crippen LogP contribution in [0.3, 0.4) is 0 Å². The molecule has 2 unspecified atom stereocenters. The number of carbonyl (C=O) groups is 2. The van der Waals surface area contributed by atoms with Crippen molar-refractivity contribution < 1.29 is 37.6 Å². The van der Waals surface area contributed by atoms with Crippen molar-refractivity contribution in [3.8, 4) is 0 Å². The van der Waals surface area contributed by atoms with Gasteiger partial charge in [0.15, 0.2) is 6.10 Å². The van der Waals surface area contributed by atoms with E-state index in [1.54, 1.807) is 0 Å². The van der Waals surface area contributed by atoms with Gasteiger partial charge in [0, 0.05) is 19.4 Å². The predicted octanol–water partition coefficient (Wildman–Crippen LogP) is 19.3. The van der Waals surface area contributed by atoms with E-state index in [0.29, 0.717) is 6.42 Å². The SMILES string of the molecule is CC/C=C\C/C=C\C/C=C\C/C=C\C/C=C\C/C=C\CCCCCCCCCCCCC(=O)OC(COC(=O)CCCCCCCCCCCCCCCCCCCCCCCCC)COP(=O)(O)OCCN. The molecule has 0 bridgehead atoms. The van der Waals surface area contributed by atoms with Crippen LogP contribution in [0.2, 0.25) is 0 Å². The van der Waals surface area contributed by atoms with Crippen LogP contribution in [-0.2, 0) is 32.7 Å². The van der Waals surface area contributed by atoms with Gasteiger partial charge >= 0.3 is 19.8 Å². The molecule has 0 radical (unpaired) electrons. The first-order valence-electron chi connectivity index (χ1n) is 30.4. The number of phosphoric acid groups is 1. The highest BCUT2D eigenvalue weighted by atomic mass is 31.2. The Bertz CT molecular complexity index is 1420. The van der Waals surface area contributed by atoms with Gasteiger partial charge in [-0.1, -0.05) is 279 Å². The Hall–Kier alpha value is -2.55. The van der Waals surface area contributed by atoms with Gasteiger partial charge in [-0.25, -0.2) is 4.57 Å². The molecule has 0 spiro atoms. The van der Waals surface area contributed by atoms with Crippen molar-refractivity contribution in [2.75, 3.05) is 26.4 Å². The standard InChI is InChI=1S/C63H114NO8P/c1-3-5-7-9-11-13-15-17-19-21-23-25-27-28-29-30-31-32-34-36-38-40-42-44-46-48-50-52-54-56-63(66)72-61(60-71-73(67,68)70-58-57-64)59-69-62(65)55-53-51-49-47-45-43-41-39-37-35-33-26-24-22-20-18-16-14-12-10-8-6-4-2/h5,7,11,13,17,19,23,25,28-29,31-32,61H,3-4,6,8-10,12,14-16,18,20-22,24,26-27,30,33-60,64H2,1-2H3,(H,67,68)/b7-5-,13-11-,19-17-,25-23-,29-28-,32-31-. The quantitative estimate of drug-likeness (QED) is 0.0264. The Balaban J connectivity index is 3.96. The van der Waals surface area contributed by atoms with Crippen LogP contribution < -0.4 is 5.73 Å². The lowest BCUT2D eigenvalue weighted by atomic mass is 10.0. The Labute approximate surface area is 450 Å². The van der Waals surface area contributed by atoms with Gasteiger partial charge in [-0.05, 0) is 64.2 Å². The number of hydrogen-bond donors (Lipinski definition) is 2. The first-order chi connectivity index (χ1) is 35.8. The second-order valence-electron chi connectivity index (χ2n) is 20.2. The van der Waals surface area contributed by atoms with Crippen LogP contribution in [-0.4, -0.2) is 49.3 Å². The summed E-state index contributed by atoms with van der Waals surface area (Å²) >= 11 is 0. The van der Waals surface area contributed by atoms with Crippen molar-refractivity contribution in [3.63, 3.8) is 0 Å². The molecule has 0 aromatic carbocycles. The Morgan fingerprint density at radius 2 is 0.753 bits per heavy atom. The number of carbonyl (C=O) groups excluding carboxylic acids is 2. The maximum absolute atomic E-state index is 12.7. The second kappa shape index (κ2) is 58.7. The fourth-order valence-corrected chi connectivity index (χ4v) is 9.41. The first-order valence-corrected chi connectivity index (χ1v) is 31.9. The highest BCUT2D eigenvalue weighted by Gasteiger charge is 2.26. The largest absolute Gasteiger partial charge is 0.472 e. The Morgan fingerprint density at radius 3 is 1.12 bits per heavy atom. The molecule has 0 heterocycles. The van der Waals surface area contributed by atoms with Crippen molar-refractivity contribution in [3.05, 3.63) is 72.9 Å². The van der Waals surface area contributed by atoms with Gasteiger partial charge in [0.05, 0.1) is 13.2 Å². The van der Waals surface area contributed by atoms with Crippen LogP contribution in [0, 0.1) is 0 Å². The Morgan fingerprint density at radius 1 is 0.425 bits per heavy atom. The first kappa shape index (κ1) is 70.5. The van der Waals surface area contributed by atoms with Crippen molar-refractivity contribution in [2.45, 2.75) is 290 Å². The Kier molecular flexibility index (Phi) is 56.7. The summed E-state index contributed by atoms with van der Waals surface area (Å²) in [5.41, 5.74) is 5.39. The number of ether oxygens (including phenoxy) is 2. The van der Waals surface area contributed by atoms with E-state index in [1.165, 1.54) is 167 Å². The fourth-order valence-electron chi connectivity index (χ4n) is 8.64. The van der Waals surface area contributed by atoms with Gasteiger partial charge in [0.2, 0.25) is 0 Å². The zero-order chi connectivity index (χ0) is 53.1. The molecule has 3 N–H and O–H groups in total. The molecule has 0 saturated carbocycles. The molecule has 9 nitrogen and oxygen atoms in total. The van der Waals surface area contributed by atoms with Crippen LogP contribution >= 0.6 is 7.82 Å². The van der Waals surface area contributed by atoms with Crippen molar-refractivity contribution >= 4 is 19.8 Å². The summed E-state index contributed by atoms with van der Waals surface area (Å²) in [6.07, 6.45) is 75.3. The van der Waals surface area contributed by atoms with E-state index in [1.807, 2.05) is 0 Å². The highest BCUT2D eigenvalue weighted by molar-refractivity contribution is 7.47. The lowest BCUT2D eigenvalue weighted by Crippen LogP contribution is -2.29. The average Bonchev–Trinajstić information content (AvgIpc) is 3.38. The highest BCUT2D eigenvalue weighted by Crippen LogP contribution is 2.43. The van der Waals surface area contributed by atoms with E-state index in [0.717, 1.165) is 83.5 Å². The number of nitrogens with two attached hydrogens (primary N) is 1. The molecule has 0 amide bonds. The van der Waals surface area contributed by atoms with Crippen LogP contribution in [0.5, 0.6) is 0 Å². The van der Waals surface area contributed by atoms with Crippen molar-refractivity contribution in [2.24, 2.45) is 5.73 Å². The summed E-state index contributed by atoms with van der Waals surface area (Å²) in [7, 11) is -4.39. The minimum Gasteiger partial charge on any atom is -0.462 e. The number of hydrogen-bond acceptors (Lipinski definition) is 8. The summed E-state index contributed by atoms with van der Waals surface area (Å²) in [6.45, 7) is 3.66. The lowest BCUT2D eigenvalue weighted by Gasteiger charge is -2.19. The molecule has 0 saturated heterocycles. The number of esters is 2. The van der Waals surface area contributed by atoms with Crippen LogP contribution in [0.1, 0.15) is 284 Å². The maximum Gasteiger partial charge on any atom is 0.472 e.